The number of aliphatic hydroxyl groups is 1. The molecule has 0 aliphatic heterocycles. The highest BCUT2D eigenvalue weighted by atomic mass is 16.6. The number of aromatic nitrogens is 1. The largest absolute Gasteiger partial charge is 0.496 e. The van der Waals surface area contributed by atoms with Crippen molar-refractivity contribution < 1.29 is 14.8 Å². The van der Waals surface area contributed by atoms with Crippen molar-refractivity contribution in [2.24, 2.45) is 0 Å². The van der Waals surface area contributed by atoms with Crippen LogP contribution in [0.3, 0.4) is 0 Å². The second-order valence-corrected chi connectivity index (χ2v) is 3.64. The predicted molar refractivity (Wildman–Crippen MR) is 64.9 cm³/mol. The second kappa shape index (κ2) is 4.89. The molecule has 0 atom stereocenters. The maximum atomic E-state index is 11.1. The lowest BCUT2D eigenvalue weighted by atomic mass is 10.2. The molecule has 1 aromatic heterocycles. The molecular weight excluding hydrogens is 236 g/mol. The molecule has 1 aromatic carbocycles. The molecule has 0 saturated carbocycles. The van der Waals surface area contributed by atoms with Crippen molar-refractivity contribution in [3.05, 3.63) is 52.3 Å². The molecule has 0 bridgehead atoms. The summed E-state index contributed by atoms with van der Waals surface area (Å²) in [4.78, 5) is 10.6. The van der Waals surface area contributed by atoms with E-state index in [1.165, 1.54) is 13.2 Å². The van der Waals surface area contributed by atoms with Crippen LogP contribution in [-0.2, 0) is 6.61 Å². The van der Waals surface area contributed by atoms with Crippen LogP contribution in [0.15, 0.2) is 36.5 Å². The molecule has 0 aliphatic carbocycles. The number of methoxy groups -OCH3 is 1. The first kappa shape index (κ1) is 12.1. The van der Waals surface area contributed by atoms with E-state index in [2.05, 4.69) is 0 Å². The molecule has 1 heterocycles. The Morgan fingerprint density at radius 3 is 2.83 bits per heavy atom. The zero-order valence-electron chi connectivity index (χ0n) is 9.74. The fraction of sp³-hybridized carbons (Fsp3) is 0.167. The molecule has 6 nitrogen and oxygen atoms in total. The predicted octanol–water partition coefficient (Wildman–Crippen LogP) is 1.89. The SMILES string of the molecule is COc1ccc(-n2cccc2CO)c([N+](=O)[O-])c1. The Balaban J connectivity index is 2.60. The summed E-state index contributed by atoms with van der Waals surface area (Å²) in [5.74, 6) is 0.420. The van der Waals surface area contributed by atoms with Gasteiger partial charge in [-0.05, 0) is 24.3 Å². The molecule has 2 rings (SSSR count). The first-order valence-electron chi connectivity index (χ1n) is 5.27. The standard InChI is InChI=1S/C12H12N2O4/c1-18-10-4-5-11(12(7-10)14(16)17)13-6-2-3-9(13)8-15/h2-7,15H,8H2,1H3. The number of benzene rings is 1. The van der Waals surface area contributed by atoms with Gasteiger partial charge in [-0.2, -0.15) is 0 Å². The van der Waals surface area contributed by atoms with Gasteiger partial charge in [0.05, 0.1) is 24.7 Å². The molecule has 0 spiro atoms. The van der Waals surface area contributed by atoms with Crippen LogP contribution in [0.5, 0.6) is 5.75 Å². The van der Waals surface area contributed by atoms with Crippen molar-refractivity contribution in [3.8, 4) is 11.4 Å². The van der Waals surface area contributed by atoms with E-state index in [0.717, 1.165) is 0 Å². The van der Waals surface area contributed by atoms with Crippen LogP contribution in [0, 0.1) is 10.1 Å². The highest BCUT2D eigenvalue weighted by molar-refractivity contribution is 5.56. The van der Waals surface area contributed by atoms with Crippen LogP contribution in [-0.4, -0.2) is 21.7 Å². The summed E-state index contributed by atoms with van der Waals surface area (Å²) in [6.45, 7) is -0.184. The van der Waals surface area contributed by atoms with E-state index in [0.29, 0.717) is 17.1 Å². The number of aliphatic hydroxyl groups excluding tert-OH is 1. The number of hydrogen-bond donors (Lipinski definition) is 1. The molecule has 0 unspecified atom stereocenters. The fourth-order valence-electron chi connectivity index (χ4n) is 1.76. The van der Waals surface area contributed by atoms with E-state index in [1.54, 1.807) is 35.0 Å². The number of hydrogen-bond acceptors (Lipinski definition) is 4. The van der Waals surface area contributed by atoms with E-state index in [4.69, 9.17) is 4.74 Å². The average molecular weight is 248 g/mol. The molecule has 18 heavy (non-hydrogen) atoms. The first-order chi connectivity index (χ1) is 8.67. The Hall–Kier alpha value is -2.34. The summed E-state index contributed by atoms with van der Waals surface area (Å²) in [6, 6.07) is 8.02. The smallest absolute Gasteiger partial charge is 0.296 e. The molecule has 1 N–H and O–H groups in total. The van der Waals surface area contributed by atoms with E-state index < -0.39 is 4.92 Å². The Kier molecular flexibility index (Phi) is 3.29. The summed E-state index contributed by atoms with van der Waals surface area (Å²) in [5, 5.41) is 20.2. The van der Waals surface area contributed by atoms with Gasteiger partial charge in [0, 0.05) is 11.9 Å². The van der Waals surface area contributed by atoms with Gasteiger partial charge in [0.25, 0.3) is 5.69 Å². The van der Waals surface area contributed by atoms with Gasteiger partial charge in [-0.1, -0.05) is 0 Å². The van der Waals surface area contributed by atoms with Crippen molar-refractivity contribution in [1.29, 1.82) is 0 Å². The Morgan fingerprint density at radius 2 is 2.22 bits per heavy atom. The number of nitro benzene ring substituents is 1. The molecule has 0 amide bonds. The zero-order chi connectivity index (χ0) is 13.1. The second-order valence-electron chi connectivity index (χ2n) is 3.64. The highest BCUT2D eigenvalue weighted by Gasteiger charge is 2.17. The number of nitrogens with zero attached hydrogens (tertiary/aromatic N) is 2. The summed E-state index contributed by atoms with van der Waals surface area (Å²) in [6.07, 6.45) is 1.67. The van der Waals surface area contributed by atoms with E-state index in [-0.39, 0.29) is 12.3 Å². The van der Waals surface area contributed by atoms with Crippen LogP contribution >= 0.6 is 0 Å². The number of ether oxygens (including phenoxy) is 1. The van der Waals surface area contributed by atoms with Gasteiger partial charge in [0.2, 0.25) is 0 Å². The molecule has 0 fully saturated rings. The van der Waals surface area contributed by atoms with Gasteiger partial charge in [-0.25, -0.2) is 0 Å². The monoisotopic (exact) mass is 248 g/mol. The topological polar surface area (TPSA) is 77.5 Å². The lowest BCUT2D eigenvalue weighted by molar-refractivity contribution is -0.384. The minimum Gasteiger partial charge on any atom is -0.496 e. The third-order valence-electron chi connectivity index (χ3n) is 2.63. The van der Waals surface area contributed by atoms with Gasteiger partial charge >= 0.3 is 0 Å². The molecule has 0 aliphatic rings. The van der Waals surface area contributed by atoms with Gasteiger partial charge in [-0.3, -0.25) is 10.1 Å². The van der Waals surface area contributed by atoms with Crippen molar-refractivity contribution >= 4 is 5.69 Å². The first-order valence-corrected chi connectivity index (χ1v) is 5.27. The highest BCUT2D eigenvalue weighted by Crippen LogP contribution is 2.28. The third kappa shape index (κ3) is 2.05. The van der Waals surface area contributed by atoms with Gasteiger partial charge in [0.15, 0.2) is 0 Å². The fourth-order valence-corrected chi connectivity index (χ4v) is 1.76. The summed E-state index contributed by atoms with van der Waals surface area (Å²) in [7, 11) is 1.45. The van der Waals surface area contributed by atoms with E-state index in [1.807, 2.05) is 0 Å². The molecule has 0 radical (unpaired) electrons. The van der Waals surface area contributed by atoms with Crippen LogP contribution in [0.1, 0.15) is 5.69 Å². The van der Waals surface area contributed by atoms with Crippen molar-refractivity contribution in [3.63, 3.8) is 0 Å². The Labute approximate surface area is 103 Å². The minimum atomic E-state index is -0.473. The summed E-state index contributed by atoms with van der Waals surface area (Å²) in [5.41, 5.74) is 0.915. The third-order valence-corrected chi connectivity index (χ3v) is 2.63. The molecule has 2 aromatic rings. The van der Waals surface area contributed by atoms with Gasteiger partial charge < -0.3 is 14.4 Å². The number of nitro groups is 1. The van der Waals surface area contributed by atoms with Crippen LogP contribution in [0.4, 0.5) is 5.69 Å². The quantitative estimate of drug-likeness (QED) is 0.662. The van der Waals surface area contributed by atoms with Crippen LogP contribution in [0.2, 0.25) is 0 Å². The summed E-state index contributed by atoms with van der Waals surface area (Å²) < 4.78 is 6.55. The summed E-state index contributed by atoms with van der Waals surface area (Å²) >= 11 is 0. The minimum absolute atomic E-state index is 0.0692. The van der Waals surface area contributed by atoms with E-state index >= 15 is 0 Å². The Bertz CT molecular complexity index is 577. The average Bonchev–Trinajstić information content (AvgIpc) is 2.86. The van der Waals surface area contributed by atoms with E-state index in [9.17, 15) is 15.2 Å². The maximum absolute atomic E-state index is 11.1. The Morgan fingerprint density at radius 1 is 1.44 bits per heavy atom. The van der Waals surface area contributed by atoms with Crippen LogP contribution in [0.25, 0.3) is 5.69 Å². The van der Waals surface area contributed by atoms with Crippen molar-refractivity contribution in [2.75, 3.05) is 7.11 Å². The zero-order valence-corrected chi connectivity index (χ0v) is 9.74. The maximum Gasteiger partial charge on any atom is 0.296 e. The van der Waals surface area contributed by atoms with Gasteiger partial charge in [0.1, 0.15) is 11.4 Å². The lowest BCUT2D eigenvalue weighted by Gasteiger charge is -2.09. The molecule has 6 heteroatoms. The van der Waals surface area contributed by atoms with Crippen LogP contribution < -0.4 is 4.74 Å². The van der Waals surface area contributed by atoms with Crippen molar-refractivity contribution in [2.45, 2.75) is 6.61 Å². The molecular formula is C12H12N2O4. The normalized spacial score (nSPS) is 10.3. The molecule has 0 saturated heterocycles. The molecule has 94 valence electrons. The van der Waals surface area contributed by atoms with Gasteiger partial charge in [-0.15, -0.1) is 0 Å². The number of rotatable bonds is 4. The van der Waals surface area contributed by atoms with Crippen molar-refractivity contribution in [1.82, 2.24) is 4.57 Å². The lowest BCUT2D eigenvalue weighted by Crippen LogP contribution is -2.03.